The van der Waals surface area contributed by atoms with Crippen LogP contribution in [0.2, 0.25) is 0 Å². The summed E-state index contributed by atoms with van der Waals surface area (Å²) in [4.78, 5) is 11.2. The zero-order chi connectivity index (χ0) is 18.8. The third-order valence-corrected chi connectivity index (χ3v) is 5.32. The van der Waals surface area contributed by atoms with Crippen molar-refractivity contribution in [2.45, 2.75) is 10.9 Å². The number of nitro benzene ring substituents is 1. The van der Waals surface area contributed by atoms with Gasteiger partial charge in [-0.1, -0.05) is 17.8 Å². The topological polar surface area (TPSA) is 139 Å². The molecule has 0 saturated heterocycles. The Labute approximate surface area is 160 Å². The maximum absolute atomic E-state index is 10.7. The van der Waals surface area contributed by atoms with Crippen LogP contribution in [0.1, 0.15) is 5.89 Å². The molecule has 0 aliphatic rings. The third-order valence-electron chi connectivity index (χ3n) is 3.52. The Bertz CT molecular complexity index is 1070. The molecule has 4 rings (SSSR count). The fraction of sp³-hybridized carbons (Fsp3) is 0.0667. The van der Waals surface area contributed by atoms with Crippen LogP contribution in [0.25, 0.3) is 22.2 Å². The number of non-ortho nitro benzene ring substituents is 1. The lowest BCUT2D eigenvalue weighted by Gasteiger charge is -2.00. The Morgan fingerprint density at radius 3 is 2.70 bits per heavy atom. The van der Waals surface area contributed by atoms with E-state index in [2.05, 4.69) is 20.4 Å². The van der Waals surface area contributed by atoms with E-state index in [0.29, 0.717) is 28.2 Å². The van der Waals surface area contributed by atoms with Crippen LogP contribution in [0.15, 0.2) is 51.4 Å². The number of nitrogens with zero attached hydrogens (tertiary/aromatic N) is 6. The fourth-order valence-corrected chi connectivity index (χ4v) is 3.63. The highest BCUT2D eigenvalue weighted by Crippen LogP contribution is 2.27. The maximum atomic E-state index is 10.7. The second-order valence-electron chi connectivity index (χ2n) is 5.25. The van der Waals surface area contributed by atoms with Gasteiger partial charge in [-0.3, -0.25) is 10.1 Å². The first-order chi connectivity index (χ1) is 13.1. The third kappa shape index (κ3) is 3.52. The Kier molecular flexibility index (Phi) is 4.56. The summed E-state index contributed by atoms with van der Waals surface area (Å²) < 4.78 is 7.02. The molecule has 0 bridgehead atoms. The summed E-state index contributed by atoms with van der Waals surface area (Å²) >= 11 is 2.84. The van der Waals surface area contributed by atoms with E-state index in [0.717, 1.165) is 4.88 Å². The number of hydrogen-bond donors (Lipinski definition) is 1. The van der Waals surface area contributed by atoms with Crippen molar-refractivity contribution in [3.63, 3.8) is 0 Å². The zero-order valence-corrected chi connectivity index (χ0v) is 15.2. The van der Waals surface area contributed by atoms with E-state index in [1.54, 1.807) is 12.1 Å². The Balaban J connectivity index is 1.45. The molecule has 0 radical (unpaired) electrons. The quantitative estimate of drug-likeness (QED) is 0.223. The largest absolute Gasteiger partial charge is 0.420 e. The van der Waals surface area contributed by atoms with E-state index in [9.17, 15) is 10.1 Å². The number of thiophene rings is 1. The molecule has 136 valence electrons. The van der Waals surface area contributed by atoms with Crippen LogP contribution in [0.5, 0.6) is 0 Å². The van der Waals surface area contributed by atoms with Crippen molar-refractivity contribution in [1.29, 1.82) is 0 Å². The standard InChI is InChI=1S/C15H11N7O3S2/c16-21-13(11-2-1-7-26-11)18-20-15(21)27-8-12-17-19-14(25-12)9-3-5-10(6-4-9)22(23)24/h1-7H,8,16H2. The molecule has 0 fully saturated rings. The summed E-state index contributed by atoms with van der Waals surface area (Å²) in [5.41, 5.74) is 0.601. The van der Waals surface area contributed by atoms with Crippen molar-refractivity contribution >= 4 is 28.8 Å². The predicted molar refractivity (Wildman–Crippen MR) is 99.4 cm³/mol. The predicted octanol–water partition coefficient (Wildman–Crippen LogP) is 2.97. The molecule has 0 aliphatic carbocycles. The maximum Gasteiger partial charge on any atom is 0.269 e. The molecule has 0 spiro atoms. The lowest BCUT2D eigenvalue weighted by Crippen LogP contribution is -2.11. The fourth-order valence-electron chi connectivity index (χ4n) is 2.23. The van der Waals surface area contributed by atoms with E-state index in [-0.39, 0.29) is 11.6 Å². The van der Waals surface area contributed by atoms with Crippen LogP contribution in [0, 0.1) is 10.1 Å². The molecule has 1 aromatic carbocycles. The van der Waals surface area contributed by atoms with Crippen LogP contribution in [-0.2, 0) is 5.75 Å². The summed E-state index contributed by atoms with van der Waals surface area (Å²) in [5.74, 6) is 7.67. The van der Waals surface area contributed by atoms with Crippen molar-refractivity contribution in [3.05, 3.63) is 57.8 Å². The minimum atomic E-state index is -0.465. The number of benzene rings is 1. The summed E-state index contributed by atoms with van der Waals surface area (Å²) in [6, 6.07) is 9.73. The number of hydrogen-bond acceptors (Lipinski definition) is 10. The zero-order valence-electron chi connectivity index (χ0n) is 13.6. The molecular formula is C15H11N7O3S2. The van der Waals surface area contributed by atoms with Gasteiger partial charge in [-0.25, -0.2) is 4.68 Å². The highest BCUT2D eigenvalue weighted by molar-refractivity contribution is 7.98. The van der Waals surface area contributed by atoms with Gasteiger partial charge >= 0.3 is 0 Å². The first-order valence-corrected chi connectivity index (χ1v) is 9.42. The lowest BCUT2D eigenvalue weighted by molar-refractivity contribution is -0.384. The Morgan fingerprint density at radius 2 is 2.00 bits per heavy atom. The van der Waals surface area contributed by atoms with Crippen LogP contribution < -0.4 is 5.84 Å². The summed E-state index contributed by atoms with van der Waals surface area (Å²) in [5, 5.41) is 29.3. The molecule has 27 heavy (non-hydrogen) atoms. The molecule has 0 atom stereocenters. The van der Waals surface area contributed by atoms with Crippen molar-refractivity contribution in [3.8, 4) is 22.2 Å². The van der Waals surface area contributed by atoms with Crippen LogP contribution in [0.3, 0.4) is 0 Å². The summed E-state index contributed by atoms with van der Waals surface area (Å²) in [7, 11) is 0. The number of nitro groups is 1. The van der Waals surface area contributed by atoms with E-state index in [1.165, 1.54) is 39.9 Å². The van der Waals surface area contributed by atoms with Gasteiger partial charge in [0.05, 0.1) is 15.6 Å². The van der Waals surface area contributed by atoms with E-state index in [1.807, 2.05) is 17.5 Å². The number of thioether (sulfide) groups is 1. The summed E-state index contributed by atoms with van der Waals surface area (Å²) in [6.45, 7) is 0. The lowest BCUT2D eigenvalue weighted by atomic mass is 10.2. The first kappa shape index (κ1) is 17.2. The van der Waals surface area contributed by atoms with Gasteiger partial charge in [0.25, 0.3) is 5.69 Å². The van der Waals surface area contributed by atoms with Gasteiger partial charge in [-0.2, -0.15) is 0 Å². The molecule has 0 unspecified atom stereocenters. The summed E-state index contributed by atoms with van der Waals surface area (Å²) in [6.07, 6.45) is 0. The minimum Gasteiger partial charge on any atom is -0.420 e. The van der Waals surface area contributed by atoms with Gasteiger partial charge in [0, 0.05) is 17.7 Å². The highest BCUT2D eigenvalue weighted by Gasteiger charge is 2.15. The minimum absolute atomic E-state index is 0.00197. The van der Waals surface area contributed by atoms with Crippen molar-refractivity contribution in [1.82, 2.24) is 25.1 Å². The molecule has 4 aromatic rings. The smallest absolute Gasteiger partial charge is 0.269 e. The second-order valence-corrected chi connectivity index (χ2v) is 7.14. The van der Waals surface area contributed by atoms with Crippen molar-refractivity contribution in [2.24, 2.45) is 0 Å². The van der Waals surface area contributed by atoms with E-state index in [4.69, 9.17) is 10.3 Å². The van der Waals surface area contributed by atoms with Crippen LogP contribution in [-0.4, -0.2) is 30.0 Å². The van der Waals surface area contributed by atoms with Gasteiger partial charge in [0.15, 0.2) is 5.82 Å². The van der Waals surface area contributed by atoms with Crippen molar-refractivity contribution in [2.75, 3.05) is 5.84 Å². The Morgan fingerprint density at radius 1 is 1.19 bits per heavy atom. The highest BCUT2D eigenvalue weighted by atomic mass is 32.2. The average molecular weight is 401 g/mol. The molecule has 3 aromatic heterocycles. The van der Waals surface area contributed by atoms with Gasteiger partial charge < -0.3 is 10.3 Å². The molecule has 0 saturated carbocycles. The number of aromatic nitrogens is 5. The molecule has 0 amide bonds. The van der Waals surface area contributed by atoms with Gasteiger partial charge in [0.1, 0.15) is 0 Å². The first-order valence-electron chi connectivity index (χ1n) is 7.56. The number of rotatable bonds is 6. The van der Waals surface area contributed by atoms with Gasteiger partial charge in [-0.15, -0.1) is 31.7 Å². The van der Waals surface area contributed by atoms with E-state index < -0.39 is 4.92 Å². The monoisotopic (exact) mass is 401 g/mol. The molecule has 10 nitrogen and oxygen atoms in total. The average Bonchev–Trinajstić information content (AvgIpc) is 3.41. The van der Waals surface area contributed by atoms with Gasteiger partial charge in [0.2, 0.25) is 16.9 Å². The molecule has 3 heterocycles. The number of nitrogens with two attached hydrogens (primary N) is 1. The molecule has 12 heteroatoms. The van der Waals surface area contributed by atoms with Gasteiger partial charge in [-0.05, 0) is 23.6 Å². The molecule has 2 N–H and O–H groups in total. The SMILES string of the molecule is Nn1c(SCc2nnc(-c3ccc([N+](=O)[O-])cc3)o2)nnc1-c1cccs1. The molecule has 0 aliphatic heterocycles. The number of nitrogen functional groups attached to an aromatic ring is 1. The van der Waals surface area contributed by atoms with Crippen LogP contribution >= 0.6 is 23.1 Å². The Hall–Kier alpha value is -3.25. The van der Waals surface area contributed by atoms with Crippen LogP contribution in [0.4, 0.5) is 5.69 Å². The second kappa shape index (κ2) is 7.17. The van der Waals surface area contributed by atoms with Crippen molar-refractivity contribution < 1.29 is 9.34 Å². The molecular weight excluding hydrogens is 390 g/mol. The van der Waals surface area contributed by atoms with E-state index >= 15 is 0 Å². The normalized spacial score (nSPS) is 11.0.